The highest BCUT2D eigenvalue weighted by Crippen LogP contribution is 2.25. The third-order valence-electron chi connectivity index (χ3n) is 3.51. The van der Waals surface area contributed by atoms with Crippen LogP contribution in [0.2, 0.25) is 0 Å². The van der Waals surface area contributed by atoms with E-state index in [4.69, 9.17) is 0 Å². The molecule has 0 radical (unpaired) electrons. The zero-order valence-corrected chi connectivity index (χ0v) is 13.7. The molecule has 0 aliphatic rings. The van der Waals surface area contributed by atoms with Gasteiger partial charge in [0.1, 0.15) is 5.82 Å². The Morgan fingerprint density at radius 2 is 1.67 bits per heavy atom. The Balaban J connectivity index is 2.39. The van der Waals surface area contributed by atoms with Gasteiger partial charge in [-0.2, -0.15) is 0 Å². The van der Waals surface area contributed by atoms with Crippen molar-refractivity contribution < 1.29 is 0 Å². The van der Waals surface area contributed by atoms with Gasteiger partial charge in [-0.3, -0.25) is 0 Å². The van der Waals surface area contributed by atoms with Crippen LogP contribution in [0, 0.1) is 0 Å². The van der Waals surface area contributed by atoms with E-state index in [0.29, 0.717) is 0 Å². The summed E-state index contributed by atoms with van der Waals surface area (Å²) in [5, 5.41) is 3.28. The SMILES string of the molecule is CCNc1cc(CC)nc(-c2ccc(C(C)(C)C)cc2)n1. The summed E-state index contributed by atoms with van der Waals surface area (Å²) in [5.74, 6) is 1.70. The van der Waals surface area contributed by atoms with Gasteiger partial charge in [0.05, 0.1) is 0 Å². The van der Waals surface area contributed by atoms with Crippen LogP contribution in [0.15, 0.2) is 30.3 Å². The number of rotatable bonds is 4. The first-order chi connectivity index (χ1) is 9.94. The van der Waals surface area contributed by atoms with Gasteiger partial charge in [-0.05, 0) is 24.3 Å². The van der Waals surface area contributed by atoms with Crippen LogP contribution in [0.3, 0.4) is 0 Å². The van der Waals surface area contributed by atoms with Gasteiger partial charge in [-0.1, -0.05) is 52.0 Å². The fraction of sp³-hybridized carbons (Fsp3) is 0.444. The Morgan fingerprint density at radius 1 is 1.00 bits per heavy atom. The number of hydrogen-bond donors (Lipinski definition) is 1. The van der Waals surface area contributed by atoms with Crippen LogP contribution in [0.4, 0.5) is 5.82 Å². The molecule has 0 aliphatic carbocycles. The molecule has 1 aromatic heterocycles. The van der Waals surface area contributed by atoms with E-state index in [0.717, 1.165) is 35.9 Å². The Kier molecular flexibility index (Phi) is 4.61. The third kappa shape index (κ3) is 3.81. The number of aryl methyl sites for hydroxylation is 1. The quantitative estimate of drug-likeness (QED) is 0.901. The van der Waals surface area contributed by atoms with E-state index in [1.165, 1.54) is 5.56 Å². The molecule has 112 valence electrons. The van der Waals surface area contributed by atoms with Crippen LogP contribution in [0.25, 0.3) is 11.4 Å². The van der Waals surface area contributed by atoms with Crippen LogP contribution in [-0.4, -0.2) is 16.5 Å². The minimum Gasteiger partial charge on any atom is -0.370 e. The van der Waals surface area contributed by atoms with Crippen LogP contribution >= 0.6 is 0 Å². The molecule has 0 aliphatic heterocycles. The number of benzene rings is 1. The van der Waals surface area contributed by atoms with Gasteiger partial charge in [0, 0.05) is 23.9 Å². The first-order valence-electron chi connectivity index (χ1n) is 7.66. The lowest BCUT2D eigenvalue weighted by Crippen LogP contribution is -2.10. The molecular formula is C18H25N3. The number of nitrogens with one attached hydrogen (secondary N) is 1. The lowest BCUT2D eigenvalue weighted by Gasteiger charge is -2.19. The van der Waals surface area contributed by atoms with E-state index >= 15 is 0 Å². The maximum Gasteiger partial charge on any atom is 0.161 e. The van der Waals surface area contributed by atoms with Crippen molar-refractivity contribution in [3.05, 3.63) is 41.6 Å². The van der Waals surface area contributed by atoms with Crippen molar-refractivity contribution in [3.8, 4) is 11.4 Å². The third-order valence-corrected chi connectivity index (χ3v) is 3.51. The lowest BCUT2D eigenvalue weighted by molar-refractivity contribution is 0.590. The Hall–Kier alpha value is -1.90. The molecule has 2 aromatic rings. The monoisotopic (exact) mass is 283 g/mol. The molecule has 0 saturated carbocycles. The maximum atomic E-state index is 4.65. The minimum absolute atomic E-state index is 0.166. The summed E-state index contributed by atoms with van der Waals surface area (Å²) >= 11 is 0. The van der Waals surface area contributed by atoms with Gasteiger partial charge in [0.25, 0.3) is 0 Å². The van der Waals surface area contributed by atoms with Crippen LogP contribution in [0.5, 0.6) is 0 Å². The van der Waals surface area contributed by atoms with Gasteiger partial charge in [0.2, 0.25) is 0 Å². The molecule has 0 bridgehead atoms. The summed E-state index contributed by atoms with van der Waals surface area (Å²) in [4.78, 5) is 9.26. The number of hydrogen-bond acceptors (Lipinski definition) is 3. The molecule has 0 spiro atoms. The smallest absolute Gasteiger partial charge is 0.161 e. The Morgan fingerprint density at radius 3 is 2.19 bits per heavy atom. The molecule has 0 saturated heterocycles. The molecule has 2 rings (SSSR count). The Labute approximate surface area is 127 Å². The van der Waals surface area contributed by atoms with Crippen LogP contribution in [-0.2, 0) is 11.8 Å². The van der Waals surface area contributed by atoms with Crippen LogP contribution in [0.1, 0.15) is 45.9 Å². The number of nitrogens with zero attached hydrogens (tertiary/aromatic N) is 2. The predicted octanol–water partition coefficient (Wildman–Crippen LogP) is 4.44. The van der Waals surface area contributed by atoms with Crippen molar-refractivity contribution in [2.45, 2.75) is 46.5 Å². The second kappa shape index (κ2) is 6.25. The van der Waals surface area contributed by atoms with Gasteiger partial charge in [-0.25, -0.2) is 9.97 Å². The summed E-state index contributed by atoms with van der Waals surface area (Å²) in [6.45, 7) is 11.7. The van der Waals surface area contributed by atoms with E-state index < -0.39 is 0 Å². The predicted molar refractivity (Wildman–Crippen MR) is 89.7 cm³/mol. The van der Waals surface area contributed by atoms with Crippen molar-refractivity contribution >= 4 is 5.82 Å². The molecule has 3 heteroatoms. The highest BCUT2D eigenvalue weighted by atomic mass is 15.0. The van der Waals surface area contributed by atoms with E-state index in [2.05, 4.69) is 74.2 Å². The van der Waals surface area contributed by atoms with Crippen LogP contribution < -0.4 is 5.32 Å². The van der Waals surface area contributed by atoms with Crippen molar-refractivity contribution in [1.82, 2.24) is 9.97 Å². The highest BCUT2D eigenvalue weighted by Gasteiger charge is 2.14. The summed E-state index contributed by atoms with van der Waals surface area (Å²) in [7, 11) is 0. The minimum atomic E-state index is 0.166. The normalized spacial score (nSPS) is 11.5. The average Bonchev–Trinajstić information content (AvgIpc) is 2.46. The largest absolute Gasteiger partial charge is 0.370 e. The van der Waals surface area contributed by atoms with E-state index in [-0.39, 0.29) is 5.41 Å². The molecule has 1 N–H and O–H groups in total. The van der Waals surface area contributed by atoms with Gasteiger partial charge in [0.15, 0.2) is 5.82 Å². The van der Waals surface area contributed by atoms with Crippen molar-refractivity contribution in [2.24, 2.45) is 0 Å². The number of aromatic nitrogens is 2. The molecule has 1 aromatic carbocycles. The fourth-order valence-corrected chi connectivity index (χ4v) is 2.20. The summed E-state index contributed by atoms with van der Waals surface area (Å²) in [6.07, 6.45) is 0.911. The summed E-state index contributed by atoms with van der Waals surface area (Å²) in [5.41, 5.74) is 3.62. The van der Waals surface area contributed by atoms with Gasteiger partial charge >= 0.3 is 0 Å². The van der Waals surface area contributed by atoms with Gasteiger partial charge < -0.3 is 5.32 Å². The van der Waals surface area contributed by atoms with E-state index in [1.54, 1.807) is 0 Å². The average molecular weight is 283 g/mol. The standard InChI is InChI=1S/C18H25N3/c1-6-15-12-16(19-7-2)21-17(20-15)13-8-10-14(11-9-13)18(3,4)5/h8-12H,6-7H2,1-5H3,(H,19,20,21). The first-order valence-corrected chi connectivity index (χ1v) is 7.66. The zero-order valence-electron chi connectivity index (χ0n) is 13.7. The van der Waals surface area contributed by atoms with Crippen molar-refractivity contribution in [1.29, 1.82) is 0 Å². The molecule has 3 nitrogen and oxygen atoms in total. The topological polar surface area (TPSA) is 37.8 Å². The van der Waals surface area contributed by atoms with Gasteiger partial charge in [-0.15, -0.1) is 0 Å². The molecule has 21 heavy (non-hydrogen) atoms. The van der Waals surface area contributed by atoms with Crippen molar-refractivity contribution in [2.75, 3.05) is 11.9 Å². The summed E-state index contributed by atoms with van der Waals surface area (Å²) in [6, 6.07) is 10.6. The molecule has 0 atom stereocenters. The van der Waals surface area contributed by atoms with E-state index in [9.17, 15) is 0 Å². The second-order valence-corrected chi connectivity index (χ2v) is 6.28. The fourth-order valence-electron chi connectivity index (χ4n) is 2.20. The van der Waals surface area contributed by atoms with Crippen molar-refractivity contribution in [3.63, 3.8) is 0 Å². The lowest BCUT2D eigenvalue weighted by atomic mass is 9.87. The molecule has 0 amide bonds. The number of anilines is 1. The zero-order chi connectivity index (χ0) is 15.5. The second-order valence-electron chi connectivity index (χ2n) is 6.28. The van der Waals surface area contributed by atoms with E-state index in [1.807, 2.05) is 6.07 Å². The molecule has 0 fully saturated rings. The molecule has 1 heterocycles. The molecular weight excluding hydrogens is 258 g/mol. The maximum absolute atomic E-state index is 4.65. The molecule has 0 unspecified atom stereocenters. The Bertz CT molecular complexity index is 595. The highest BCUT2D eigenvalue weighted by molar-refractivity contribution is 5.58. The summed E-state index contributed by atoms with van der Waals surface area (Å²) < 4.78 is 0. The first kappa shape index (κ1) is 15.5.